The molecular formula is C22H21ClF3N3O2. The number of fused-ring (bicyclic) bond motifs is 1. The lowest BCUT2D eigenvalue weighted by molar-refractivity contribution is -0.144. The third-order valence-electron chi connectivity index (χ3n) is 4.24. The molecule has 31 heavy (non-hydrogen) atoms. The third-order valence-corrected chi connectivity index (χ3v) is 4.24. The number of pyridine rings is 1. The maximum atomic E-state index is 13.0. The summed E-state index contributed by atoms with van der Waals surface area (Å²) in [4.78, 5) is 18.0. The van der Waals surface area contributed by atoms with Gasteiger partial charge in [-0.15, -0.1) is 12.4 Å². The van der Waals surface area contributed by atoms with Crippen molar-refractivity contribution in [3.63, 3.8) is 0 Å². The summed E-state index contributed by atoms with van der Waals surface area (Å²) >= 11 is 0. The van der Waals surface area contributed by atoms with Crippen molar-refractivity contribution in [1.29, 1.82) is 0 Å². The largest absolute Gasteiger partial charge is 0.465 e. The number of hydrogen-bond acceptors (Lipinski definition) is 4. The minimum atomic E-state index is -4.43. The molecule has 164 valence electrons. The van der Waals surface area contributed by atoms with Gasteiger partial charge in [0.1, 0.15) is 11.3 Å². The normalized spacial score (nSPS) is 11.0. The Balaban J connectivity index is 0.00000341. The monoisotopic (exact) mass is 451 g/mol. The second-order valence-electron chi connectivity index (χ2n) is 6.64. The molecular weight excluding hydrogens is 431 g/mol. The summed E-state index contributed by atoms with van der Waals surface area (Å²) in [6, 6.07) is 10.3. The summed E-state index contributed by atoms with van der Waals surface area (Å²) in [6.45, 7) is 2.45. The molecule has 0 amide bonds. The van der Waals surface area contributed by atoms with Gasteiger partial charge in [0.2, 0.25) is 0 Å². The van der Waals surface area contributed by atoms with Crippen LogP contribution in [0.15, 0.2) is 48.7 Å². The number of aromatic nitrogens is 2. The van der Waals surface area contributed by atoms with Gasteiger partial charge in [-0.2, -0.15) is 13.2 Å². The molecule has 0 N–H and O–H groups in total. The van der Waals surface area contributed by atoms with Crippen LogP contribution in [0.25, 0.3) is 5.65 Å². The van der Waals surface area contributed by atoms with Crippen LogP contribution in [0.2, 0.25) is 0 Å². The number of carbonyl (C=O) groups is 1. The second-order valence-corrected chi connectivity index (χ2v) is 6.64. The molecule has 3 aromatic rings. The lowest BCUT2D eigenvalue weighted by atomic mass is 10.1. The number of esters is 1. The Hall–Kier alpha value is -3.02. The average Bonchev–Trinajstić information content (AvgIpc) is 3.02. The molecule has 0 radical (unpaired) electrons. The number of hydrogen-bond donors (Lipinski definition) is 0. The van der Waals surface area contributed by atoms with E-state index < -0.39 is 11.7 Å². The van der Waals surface area contributed by atoms with Gasteiger partial charge in [0.05, 0.1) is 24.4 Å². The van der Waals surface area contributed by atoms with E-state index in [2.05, 4.69) is 16.8 Å². The molecule has 5 nitrogen and oxygen atoms in total. The van der Waals surface area contributed by atoms with E-state index in [1.165, 1.54) is 12.1 Å². The number of likely N-dealkylation sites (N-methyl/N-ethyl adjacent to an activating group) is 1. The molecule has 0 spiro atoms. The SMILES string of the molecule is CCOC(=O)CN(C)Cc1nc2ccccn2c1C#Cc1cccc(C(F)(F)F)c1.Cl. The summed E-state index contributed by atoms with van der Waals surface area (Å²) in [6.07, 6.45) is -2.64. The van der Waals surface area contributed by atoms with E-state index in [9.17, 15) is 18.0 Å². The Morgan fingerprint density at radius 2 is 1.97 bits per heavy atom. The standard InChI is InChI=1S/C22H20F3N3O2.ClH/c1-3-30-21(29)15-27(2)14-18-19(28-12-5-4-9-20(28)26-18)11-10-16-7-6-8-17(13-16)22(23,24)25;/h4-9,12-13H,3,14-15H2,1-2H3;1H. The summed E-state index contributed by atoms with van der Waals surface area (Å²) < 4.78 is 45.6. The van der Waals surface area contributed by atoms with Crippen molar-refractivity contribution in [2.75, 3.05) is 20.2 Å². The second kappa shape index (κ2) is 10.3. The number of carbonyl (C=O) groups excluding carboxylic acids is 1. The van der Waals surface area contributed by atoms with Crippen molar-refractivity contribution in [3.05, 3.63) is 71.2 Å². The van der Waals surface area contributed by atoms with Crippen LogP contribution in [0, 0.1) is 11.8 Å². The van der Waals surface area contributed by atoms with E-state index in [1.54, 1.807) is 29.5 Å². The molecule has 0 aliphatic carbocycles. The van der Waals surface area contributed by atoms with Crippen LogP contribution >= 0.6 is 12.4 Å². The van der Waals surface area contributed by atoms with Gasteiger partial charge in [0, 0.05) is 18.3 Å². The van der Waals surface area contributed by atoms with Crippen molar-refractivity contribution < 1.29 is 22.7 Å². The summed E-state index contributed by atoms with van der Waals surface area (Å²) in [7, 11) is 1.75. The molecule has 3 rings (SSSR count). The van der Waals surface area contributed by atoms with E-state index in [0.717, 1.165) is 12.1 Å². The van der Waals surface area contributed by atoms with Crippen molar-refractivity contribution in [3.8, 4) is 11.8 Å². The molecule has 0 bridgehead atoms. The smallest absolute Gasteiger partial charge is 0.416 e. The number of ether oxygens (including phenoxy) is 1. The highest BCUT2D eigenvalue weighted by Crippen LogP contribution is 2.29. The number of rotatable bonds is 5. The van der Waals surface area contributed by atoms with E-state index in [1.807, 2.05) is 18.2 Å². The first-order valence-electron chi connectivity index (χ1n) is 9.27. The number of halogens is 4. The van der Waals surface area contributed by atoms with Gasteiger partial charge in [0.15, 0.2) is 0 Å². The molecule has 2 aromatic heterocycles. The lowest BCUT2D eigenvalue weighted by Crippen LogP contribution is -2.27. The Labute approximate surface area is 184 Å². The minimum absolute atomic E-state index is 0. The van der Waals surface area contributed by atoms with Crippen LogP contribution in [0.5, 0.6) is 0 Å². The highest BCUT2D eigenvalue weighted by atomic mass is 35.5. The highest BCUT2D eigenvalue weighted by Gasteiger charge is 2.30. The lowest BCUT2D eigenvalue weighted by Gasteiger charge is -2.14. The Bertz CT molecular complexity index is 1120. The van der Waals surface area contributed by atoms with Gasteiger partial charge in [0.25, 0.3) is 0 Å². The van der Waals surface area contributed by atoms with Crippen LogP contribution < -0.4 is 0 Å². The first-order chi connectivity index (χ1) is 14.3. The minimum Gasteiger partial charge on any atom is -0.465 e. The van der Waals surface area contributed by atoms with Crippen LogP contribution in [-0.4, -0.2) is 40.5 Å². The zero-order valence-corrected chi connectivity index (χ0v) is 17.8. The maximum absolute atomic E-state index is 13.0. The number of benzene rings is 1. The molecule has 0 saturated carbocycles. The van der Waals surface area contributed by atoms with Crippen molar-refractivity contribution >= 4 is 24.0 Å². The summed E-state index contributed by atoms with van der Waals surface area (Å²) in [5.74, 6) is 5.41. The summed E-state index contributed by atoms with van der Waals surface area (Å²) in [5.41, 5.74) is 1.33. The predicted molar refractivity (Wildman–Crippen MR) is 113 cm³/mol. The zero-order valence-electron chi connectivity index (χ0n) is 16.9. The van der Waals surface area contributed by atoms with Gasteiger partial charge < -0.3 is 4.74 Å². The molecule has 2 heterocycles. The van der Waals surface area contributed by atoms with E-state index in [0.29, 0.717) is 30.2 Å². The Morgan fingerprint density at radius 3 is 2.68 bits per heavy atom. The fourth-order valence-electron chi connectivity index (χ4n) is 2.93. The number of nitrogens with zero attached hydrogens (tertiary/aromatic N) is 3. The zero-order chi connectivity index (χ0) is 21.7. The fraction of sp³-hybridized carbons (Fsp3) is 0.273. The maximum Gasteiger partial charge on any atom is 0.416 e. The molecule has 0 unspecified atom stereocenters. The van der Waals surface area contributed by atoms with Gasteiger partial charge in [-0.1, -0.05) is 18.1 Å². The van der Waals surface area contributed by atoms with E-state index in [4.69, 9.17) is 4.74 Å². The van der Waals surface area contributed by atoms with E-state index >= 15 is 0 Å². The van der Waals surface area contributed by atoms with Crippen molar-refractivity contribution in [2.24, 2.45) is 0 Å². The molecule has 0 saturated heterocycles. The molecule has 0 fully saturated rings. The average molecular weight is 452 g/mol. The van der Waals surface area contributed by atoms with Crippen LogP contribution in [0.4, 0.5) is 13.2 Å². The highest BCUT2D eigenvalue weighted by molar-refractivity contribution is 5.85. The third kappa shape index (κ3) is 6.23. The Kier molecular flexibility index (Phi) is 8.08. The fourth-order valence-corrected chi connectivity index (χ4v) is 2.93. The molecule has 1 aromatic carbocycles. The molecule has 0 aliphatic heterocycles. The first kappa shape index (κ1) is 24.3. The first-order valence-corrected chi connectivity index (χ1v) is 9.27. The van der Waals surface area contributed by atoms with E-state index in [-0.39, 0.29) is 30.5 Å². The predicted octanol–water partition coefficient (Wildman–Crippen LogP) is 4.17. The Morgan fingerprint density at radius 1 is 1.19 bits per heavy atom. The van der Waals surface area contributed by atoms with Crippen molar-refractivity contribution in [1.82, 2.24) is 14.3 Å². The topological polar surface area (TPSA) is 46.8 Å². The van der Waals surface area contributed by atoms with Crippen LogP contribution in [0.1, 0.15) is 29.4 Å². The molecule has 9 heteroatoms. The van der Waals surface area contributed by atoms with Gasteiger partial charge in [-0.3, -0.25) is 14.1 Å². The summed E-state index contributed by atoms with van der Waals surface area (Å²) in [5, 5.41) is 0. The van der Waals surface area contributed by atoms with Gasteiger partial charge in [-0.25, -0.2) is 4.98 Å². The number of imidazole rings is 1. The van der Waals surface area contributed by atoms with Gasteiger partial charge >= 0.3 is 12.1 Å². The van der Waals surface area contributed by atoms with Crippen LogP contribution in [-0.2, 0) is 22.3 Å². The van der Waals surface area contributed by atoms with Crippen molar-refractivity contribution in [2.45, 2.75) is 19.6 Å². The quantitative estimate of drug-likeness (QED) is 0.431. The van der Waals surface area contributed by atoms with Crippen LogP contribution in [0.3, 0.4) is 0 Å². The molecule has 0 aliphatic rings. The van der Waals surface area contributed by atoms with Gasteiger partial charge in [-0.05, 0) is 50.2 Å². The molecule has 0 atom stereocenters. The number of alkyl halides is 3.